The van der Waals surface area contributed by atoms with Crippen molar-refractivity contribution < 1.29 is 0 Å². The van der Waals surface area contributed by atoms with E-state index in [0.717, 1.165) is 23.3 Å². The molecule has 0 spiro atoms. The number of aryl methyl sites for hydroxylation is 1. The van der Waals surface area contributed by atoms with E-state index in [0.29, 0.717) is 0 Å². The third kappa shape index (κ3) is 3.17. The highest BCUT2D eigenvalue weighted by Crippen LogP contribution is 2.42. The van der Waals surface area contributed by atoms with E-state index in [9.17, 15) is 0 Å². The van der Waals surface area contributed by atoms with Crippen LogP contribution in [0.1, 0.15) is 23.9 Å². The van der Waals surface area contributed by atoms with Gasteiger partial charge in [-0.1, -0.05) is 43.3 Å². The molecule has 0 bridgehead atoms. The van der Waals surface area contributed by atoms with E-state index in [1.165, 1.54) is 26.4 Å². The van der Waals surface area contributed by atoms with Gasteiger partial charge in [-0.25, -0.2) is 4.52 Å². The van der Waals surface area contributed by atoms with Crippen molar-refractivity contribution in [2.24, 2.45) is 4.99 Å². The van der Waals surface area contributed by atoms with Gasteiger partial charge in [0.25, 0.3) is 0 Å². The molecule has 1 aromatic carbocycles. The van der Waals surface area contributed by atoms with Crippen LogP contribution in [-0.4, -0.2) is 22.0 Å². The molecule has 1 atom stereocenters. The molecule has 0 fully saturated rings. The first-order valence-electron chi connectivity index (χ1n) is 9.88. The van der Waals surface area contributed by atoms with Gasteiger partial charge in [0.2, 0.25) is 0 Å². The first kappa shape index (κ1) is 17.9. The number of hydrogen-bond donors (Lipinski definition) is 1. The normalized spacial score (nSPS) is 16.1. The second-order valence-corrected chi connectivity index (χ2v) is 8.24. The fourth-order valence-electron chi connectivity index (χ4n) is 3.82. The smallest absolute Gasteiger partial charge is 0.0875 e. The standard InChI is InChI=1S/C24H22N4S/c1-3-18-13-20(26-15-25-18)24-19(17-9-5-4-6-10-17)14-22(29-24)23-16(2)27-28-12-8-7-11-21(23)28/h4-15,18H,3H2,1-2H3,(H,25,26). The van der Waals surface area contributed by atoms with Gasteiger partial charge < -0.3 is 5.32 Å². The van der Waals surface area contributed by atoms with E-state index in [-0.39, 0.29) is 6.04 Å². The Balaban J connectivity index is 1.72. The van der Waals surface area contributed by atoms with Gasteiger partial charge in [-0.3, -0.25) is 4.99 Å². The van der Waals surface area contributed by atoms with Crippen molar-refractivity contribution in [2.45, 2.75) is 26.3 Å². The van der Waals surface area contributed by atoms with Gasteiger partial charge in [-0.15, -0.1) is 11.3 Å². The summed E-state index contributed by atoms with van der Waals surface area (Å²) >= 11 is 1.81. The van der Waals surface area contributed by atoms with E-state index in [1.54, 1.807) is 0 Å². The average molecular weight is 399 g/mol. The zero-order chi connectivity index (χ0) is 19.8. The van der Waals surface area contributed by atoms with E-state index in [2.05, 4.69) is 78.8 Å². The van der Waals surface area contributed by atoms with Crippen molar-refractivity contribution >= 4 is 28.9 Å². The summed E-state index contributed by atoms with van der Waals surface area (Å²) in [5, 5.41) is 8.09. The summed E-state index contributed by atoms with van der Waals surface area (Å²) in [7, 11) is 0. The molecule has 0 radical (unpaired) electrons. The van der Waals surface area contributed by atoms with Crippen molar-refractivity contribution in [3.05, 3.63) is 77.4 Å². The van der Waals surface area contributed by atoms with Gasteiger partial charge in [0.1, 0.15) is 0 Å². The lowest BCUT2D eigenvalue weighted by atomic mass is 10.0. The van der Waals surface area contributed by atoms with Crippen LogP contribution >= 0.6 is 11.3 Å². The van der Waals surface area contributed by atoms with Crippen molar-refractivity contribution in [2.75, 3.05) is 0 Å². The predicted octanol–water partition coefficient (Wildman–Crippen LogP) is 5.79. The summed E-state index contributed by atoms with van der Waals surface area (Å²) in [6.07, 6.45) is 7.07. The third-order valence-electron chi connectivity index (χ3n) is 5.29. The Morgan fingerprint density at radius 2 is 1.93 bits per heavy atom. The number of hydrogen-bond acceptors (Lipinski definition) is 4. The first-order valence-corrected chi connectivity index (χ1v) is 10.7. The maximum Gasteiger partial charge on any atom is 0.0875 e. The monoisotopic (exact) mass is 398 g/mol. The van der Waals surface area contributed by atoms with E-state index in [1.807, 2.05) is 34.5 Å². The Hall–Kier alpha value is -3.18. The molecule has 0 amide bonds. The van der Waals surface area contributed by atoms with Crippen molar-refractivity contribution in [3.8, 4) is 21.6 Å². The van der Waals surface area contributed by atoms with Crippen LogP contribution in [0.4, 0.5) is 0 Å². The molecule has 5 rings (SSSR count). The number of thiophene rings is 1. The minimum Gasteiger partial charge on any atom is -0.346 e. The number of fused-ring (bicyclic) bond motifs is 1. The van der Waals surface area contributed by atoms with Crippen LogP contribution < -0.4 is 5.32 Å². The number of aromatic nitrogens is 2. The molecule has 5 heteroatoms. The molecule has 29 heavy (non-hydrogen) atoms. The average Bonchev–Trinajstić information content (AvgIpc) is 3.34. The van der Waals surface area contributed by atoms with Gasteiger partial charge in [0.15, 0.2) is 0 Å². The van der Waals surface area contributed by atoms with Crippen LogP contribution in [0.5, 0.6) is 0 Å². The van der Waals surface area contributed by atoms with Gasteiger partial charge in [-0.2, -0.15) is 5.10 Å². The lowest BCUT2D eigenvalue weighted by Gasteiger charge is -2.16. The molecule has 1 N–H and O–H groups in total. The van der Waals surface area contributed by atoms with Crippen LogP contribution in [0, 0.1) is 6.92 Å². The Morgan fingerprint density at radius 1 is 1.10 bits per heavy atom. The summed E-state index contributed by atoms with van der Waals surface area (Å²) in [6, 6.07) is 19.3. The minimum absolute atomic E-state index is 0.221. The highest BCUT2D eigenvalue weighted by Gasteiger charge is 2.21. The topological polar surface area (TPSA) is 41.7 Å². The number of benzene rings is 1. The fraction of sp³-hybridized carbons (Fsp3) is 0.167. The largest absolute Gasteiger partial charge is 0.346 e. The zero-order valence-electron chi connectivity index (χ0n) is 16.5. The molecule has 1 aliphatic heterocycles. The summed E-state index contributed by atoms with van der Waals surface area (Å²) in [6.45, 7) is 4.25. The number of rotatable bonds is 4. The van der Waals surface area contributed by atoms with Crippen LogP contribution in [0.25, 0.3) is 32.8 Å². The summed E-state index contributed by atoms with van der Waals surface area (Å²) in [5.41, 5.74) is 6.98. The van der Waals surface area contributed by atoms with E-state index >= 15 is 0 Å². The summed E-state index contributed by atoms with van der Waals surface area (Å²) in [4.78, 5) is 6.99. The Labute approximate surface area is 174 Å². The Kier molecular flexibility index (Phi) is 4.52. The highest BCUT2D eigenvalue weighted by atomic mass is 32.1. The minimum atomic E-state index is 0.221. The van der Waals surface area contributed by atoms with Crippen LogP contribution in [-0.2, 0) is 0 Å². The van der Waals surface area contributed by atoms with Gasteiger partial charge in [0.05, 0.1) is 34.2 Å². The Bertz CT molecular complexity index is 1230. The molecule has 1 aliphatic rings. The van der Waals surface area contributed by atoms with E-state index in [4.69, 9.17) is 5.10 Å². The Morgan fingerprint density at radius 3 is 2.76 bits per heavy atom. The maximum absolute atomic E-state index is 4.71. The SMILES string of the molecule is CCC1C=C(c2sc(-c3c(C)nn4ccccc34)cc2-c2ccccc2)NC=N1. The summed E-state index contributed by atoms with van der Waals surface area (Å²) in [5.74, 6) is 0. The zero-order valence-corrected chi connectivity index (χ0v) is 17.3. The molecular formula is C24H22N4S. The van der Waals surface area contributed by atoms with Gasteiger partial charge in [0, 0.05) is 22.2 Å². The van der Waals surface area contributed by atoms with Crippen LogP contribution in [0.2, 0.25) is 0 Å². The maximum atomic E-state index is 4.71. The van der Waals surface area contributed by atoms with Crippen molar-refractivity contribution in [1.82, 2.24) is 14.9 Å². The quantitative estimate of drug-likeness (QED) is 0.473. The molecule has 3 aromatic heterocycles. The third-order valence-corrected chi connectivity index (χ3v) is 6.47. The number of nitrogens with zero attached hydrogens (tertiary/aromatic N) is 3. The lowest BCUT2D eigenvalue weighted by Crippen LogP contribution is -2.18. The van der Waals surface area contributed by atoms with Gasteiger partial charge >= 0.3 is 0 Å². The van der Waals surface area contributed by atoms with Crippen molar-refractivity contribution in [1.29, 1.82) is 0 Å². The molecule has 0 aliphatic carbocycles. The number of aliphatic imine (C=N–C) groups is 1. The second-order valence-electron chi connectivity index (χ2n) is 7.19. The molecule has 0 saturated heterocycles. The van der Waals surface area contributed by atoms with Crippen molar-refractivity contribution in [3.63, 3.8) is 0 Å². The fourth-order valence-corrected chi connectivity index (χ4v) is 5.09. The second kappa shape index (κ2) is 7.33. The number of pyridine rings is 1. The molecule has 4 aromatic rings. The molecule has 4 heterocycles. The first-order chi connectivity index (χ1) is 14.2. The lowest BCUT2D eigenvalue weighted by molar-refractivity contribution is 0.775. The van der Waals surface area contributed by atoms with Crippen LogP contribution in [0.3, 0.4) is 0 Å². The highest BCUT2D eigenvalue weighted by molar-refractivity contribution is 7.17. The molecular weight excluding hydrogens is 376 g/mol. The van der Waals surface area contributed by atoms with Crippen LogP contribution in [0.15, 0.2) is 71.9 Å². The van der Waals surface area contributed by atoms with E-state index < -0.39 is 0 Å². The molecule has 4 nitrogen and oxygen atoms in total. The van der Waals surface area contributed by atoms with Gasteiger partial charge in [-0.05, 0) is 43.2 Å². The number of nitrogens with one attached hydrogen (secondary N) is 1. The molecule has 0 saturated carbocycles. The predicted molar refractivity (Wildman–Crippen MR) is 122 cm³/mol. The molecule has 144 valence electrons. The molecule has 1 unspecified atom stereocenters. The summed E-state index contributed by atoms with van der Waals surface area (Å²) < 4.78 is 1.96.